The van der Waals surface area contributed by atoms with Crippen LogP contribution in [0.2, 0.25) is 0 Å². The van der Waals surface area contributed by atoms with Crippen molar-refractivity contribution in [2.24, 2.45) is 5.73 Å². The molecule has 2 aromatic heterocycles. The molecule has 4 rings (SSSR count). The minimum Gasteiger partial charge on any atom is -0.494 e. The SMILES string of the molecule is COc1ccc(-c2nc(C(=O)NCC(=O)NC3CCCC3)c(CN)o2)c2ccc(C(F)(F)F)nc12. The number of nitrogens with zero attached hydrogens (tertiary/aromatic N) is 2. The van der Waals surface area contributed by atoms with Crippen molar-refractivity contribution in [1.29, 1.82) is 0 Å². The molecule has 0 bridgehead atoms. The van der Waals surface area contributed by atoms with E-state index in [-0.39, 0.29) is 59.0 Å². The Morgan fingerprint density at radius 3 is 2.57 bits per heavy atom. The summed E-state index contributed by atoms with van der Waals surface area (Å²) in [5.41, 5.74) is 4.79. The lowest BCUT2D eigenvalue weighted by Crippen LogP contribution is -2.41. The smallest absolute Gasteiger partial charge is 0.433 e. The Hall–Kier alpha value is -3.67. The minimum absolute atomic E-state index is 0.0276. The highest BCUT2D eigenvalue weighted by molar-refractivity contribution is 5.99. The fraction of sp³-hybridized carbons (Fsp3) is 0.391. The second-order valence-electron chi connectivity index (χ2n) is 8.13. The zero-order chi connectivity index (χ0) is 25.2. The van der Waals surface area contributed by atoms with Crippen LogP contribution >= 0.6 is 0 Å². The number of methoxy groups -OCH3 is 1. The van der Waals surface area contributed by atoms with Crippen LogP contribution in [0.3, 0.4) is 0 Å². The standard InChI is InChI=1S/C23H24F3N5O4/c1-34-15-8-6-14(13-7-9-17(23(24,25)26)30-19(13)15)22-31-20(16(10-27)35-22)21(33)28-11-18(32)29-12-4-2-3-5-12/h6-9,12H,2-5,10-11,27H2,1H3,(H,28,33)(H,29,32). The second kappa shape index (κ2) is 9.90. The van der Waals surface area contributed by atoms with Crippen LogP contribution in [0.25, 0.3) is 22.4 Å². The van der Waals surface area contributed by atoms with Gasteiger partial charge in [-0.15, -0.1) is 0 Å². The third-order valence-electron chi connectivity index (χ3n) is 5.79. The number of rotatable bonds is 7. The van der Waals surface area contributed by atoms with Gasteiger partial charge in [0.25, 0.3) is 5.91 Å². The summed E-state index contributed by atoms with van der Waals surface area (Å²) < 4.78 is 50.4. The quantitative estimate of drug-likeness (QED) is 0.462. The molecule has 0 spiro atoms. The summed E-state index contributed by atoms with van der Waals surface area (Å²) in [6.45, 7) is -0.397. The zero-order valence-electron chi connectivity index (χ0n) is 18.9. The van der Waals surface area contributed by atoms with Crippen molar-refractivity contribution in [3.8, 4) is 17.2 Å². The first-order valence-corrected chi connectivity index (χ1v) is 11.0. The Morgan fingerprint density at radius 1 is 1.17 bits per heavy atom. The number of aromatic nitrogens is 2. The van der Waals surface area contributed by atoms with Crippen molar-refractivity contribution in [2.75, 3.05) is 13.7 Å². The number of ether oxygens (including phenoxy) is 1. The van der Waals surface area contributed by atoms with Crippen molar-refractivity contribution in [2.45, 2.75) is 44.4 Å². The van der Waals surface area contributed by atoms with E-state index in [0.717, 1.165) is 31.7 Å². The first-order valence-electron chi connectivity index (χ1n) is 11.0. The van der Waals surface area contributed by atoms with Gasteiger partial charge in [-0.25, -0.2) is 9.97 Å². The van der Waals surface area contributed by atoms with E-state index < -0.39 is 17.8 Å². The van der Waals surface area contributed by atoms with Crippen molar-refractivity contribution in [3.63, 3.8) is 0 Å². The Morgan fingerprint density at radius 2 is 1.91 bits per heavy atom. The molecule has 35 heavy (non-hydrogen) atoms. The maximum Gasteiger partial charge on any atom is 0.433 e. The highest BCUT2D eigenvalue weighted by Crippen LogP contribution is 2.36. The zero-order valence-corrected chi connectivity index (χ0v) is 18.9. The number of oxazole rings is 1. The molecule has 0 aliphatic heterocycles. The molecule has 2 amide bonds. The minimum atomic E-state index is -4.64. The summed E-state index contributed by atoms with van der Waals surface area (Å²) in [5.74, 6) is -0.794. The third-order valence-corrected chi connectivity index (χ3v) is 5.79. The fourth-order valence-electron chi connectivity index (χ4n) is 4.08. The van der Waals surface area contributed by atoms with Crippen LogP contribution in [0.15, 0.2) is 28.7 Å². The number of carbonyl (C=O) groups excluding carboxylic acids is 2. The van der Waals surface area contributed by atoms with Gasteiger partial charge in [-0.2, -0.15) is 13.2 Å². The summed E-state index contributed by atoms with van der Waals surface area (Å²) >= 11 is 0. The van der Waals surface area contributed by atoms with Gasteiger partial charge in [0.05, 0.1) is 20.2 Å². The van der Waals surface area contributed by atoms with E-state index >= 15 is 0 Å². The third kappa shape index (κ3) is 5.21. The molecule has 4 N–H and O–H groups in total. The number of benzene rings is 1. The first kappa shape index (κ1) is 24.5. The number of nitrogens with two attached hydrogens (primary N) is 1. The molecular formula is C23H24F3N5O4. The van der Waals surface area contributed by atoms with E-state index in [1.165, 1.54) is 19.2 Å². The molecule has 3 aromatic rings. The lowest BCUT2D eigenvalue weighted by Gasteiger charge is -2.12. The van der Waals surface area contributed by atoms with Gasteiger partial charge in [-0.3, -0.25) is 9.59 Å². The number of carbonyl (C=O) groups is 2. The highest BCUT2D eigenvalue weighted by atomic mass is 19.4. The molecule has 0 radical (unpaired) electrons. The number of pyridine rings is 1. The van der Waals surface area contributed by atoms with Crippen molar-refractivity contribution in [3.05, 3.63) is 41.4 Å². The lowest BCUT2D eigenvalue weighted by atomic mass is 10.1. The molecule has 1 fully saturated rings. The summed E-state index contributed by atoms with van der Waals surface area (Å²) in [6.07, 6.45) is -0.685. The molecule has 9 nitrogen and oxygen atoms in total. The maximum atomic E-state index is 13.2. The van der Waals surface area contributed by atoms with Gasteiger partial charge in [0.15, 0.2) is 11.5 Å². The van der Waals surface area contributed by atoms with Crippen LogP contribution in [-0.2, 0) is 17.5 Å². The fourth-order valence-corrected chi connectivity index (χ4v) is 4.08. The Balaban J connectivity index is 1.61. The molecule has 1 saturated carbocycles. The molecule has 2 heterocycles. The number of hydrogen-bond acceptors (Lipinski definition) is 7. The second-order valence-corrected chi connectivity index (χ2v) is 8.13. The van der Waals surface area contributed by atoms with Crippen LogP contribution < -0.4 is 21.1 Å². The monoisotopic (exact) mass is 491 g/mol. The Labute approximate surface area is 198 Å². The van der Waals surface area contributed by atoms with Crippen LogP contribution in [-0.4, -0.2) is 41.5 Å². The van der Waals surface area contributed by atoms with E-state index in [9.17, 15) is 22.8 Å². The highest BCUT2D eigenvalue weighted by Gasteiger charge is 2.33. The molecular weight excluding hydrogens is 467 g/mol. The van der Waals surface area contributed by atoms with E-state index in [4.69, 9.17) is 14.9 Å². The van der Waals surface area contributed by atoms with Crippen molar-refractivity contribution in [1.82, 2.24) is 20.6 Å². The molecule has 12 heteroatoms. The largest absolute Gasteiger partial charge is 0.494 e. The topological polar surface area (TPSA) is 132 Å². The van der Waals surface area contributed by atoms with Gasteiger partial charge in [0.2, 0.25) is 11.8 Å². The van der Waals surface area contributed by atoms with E-state index in [1.54, 1.807) is 6.07 Å². The number of fused-ring (bicyclic) bond motifs is 1. The lowest BCUT2D eigenvalue weighted by molar-refractivity contribution is -0.141. The van der Waals surface area contributed by atoms with Crippen LogP contribution in [0.1, 0.15) is 47.6 Å². The molecule has 1 aromatic carbocycles. The van der Waals surface area contributed by atoms with Crippen molar-refractivity contribution >= 4 is 22.7 Å². The van der Waals surface area contributed by atoms with Gasteiger partial charge in [0, 0.05) is 17.0 Å². The molecule has 0 unspecified atom stereocenters. The Bertz CT molecular complexity index is 1250. The number of hydrogen-bond donors (Lipinski definition) is 3. The van der Waals surface area contributed by atoms with Gasteiger partial charge in [0.1, 0.15) is 17.0 Å². The van der Waals surface area contributed by atoms with E-state index in [0.29, 0.717) is 5.56 Å². The van der Waals surface area contributed by atoms with E-state index in [2.05, 4.69) is 20.6 Å². The summed E-state index contributed by atoms with van der Waals surface area (Å²) in [4.78, 5) is 32.8. The summed E-state index contributed by atoms with van der Waals surface area (Å²) in [6, 6.07) is 5.17. The maximum absolute atomic E-state index is 13.2. The molecule has 0 atom stereocenters. The predicted octanol–water partition coefficient (Wildman–Crippen LogP) is 3.16. The Kier molecular flexibility index (Phi) is 6.92. The van der Waals surface area contributed by atoms with Gasteiger partial charge in [-0.05, 0) is 37.1 Å². The van der Waals surface area contributed by atoms with Crippen LogP contribution in [0.4, 0.5) is 13.2 Å². The molecule has 1 aliphatic carbocycles. The predicted molar refractivity (Wildman–Crippen MR) is 119 cm³/mol. The first-order chi connectivity index (χ1) is 16.7. The van der Waals surface area contributed by atoms with Crippen molar-refractivity contribution < 1.29 is 31.9 Å². The van der Waals surface area contributed by atoms with E-state index in [1.807, 2.05) is 0 Å². The summed E-state index contributed by atoms with van der Waals surface area (Å²) in [7, 11) is 1.32. The molecule has 1 aliphatic rings. The van der Waals surface area contributed by atoms with Gasteiger partial charge >= 0.3 is 6.18 Å². The van der Waals surface area contributed by atoms with Crippen LogP contribution in [0, 0.1) is 0 Å². The molecule has 186 valence electrons. The van der Waals surface area contributed by atoms with Gasteiger partial charge < -0.3 is 25.5 Å². The number of nitrogens with one attached hydrogen (secondary N) is 2. The number of amides is 2. The van der Waals surface area contributed by atoms with Crippen LogP contribution in [0.5, 0.6) is 5.75 Å². The average Bonchev–Trinajstić information content (AvgIpc) is 3.50. The average molecular weight is 491 g/mol. The number of alkyl halides is 3. The number of halogens is 3. The molecule has 0 saturated heterocycles. The normalized spacial score (nSPS) is 14.3. The summed E-state index contributed by atoms with van der Waals surface area (Å²) in [5, 5.41) is 5.66. The van der Waals surface area contributed by atoms with Gasteiger partial charge in [-0.1, -0.05) is 12.8 Å².